The molecule has 130 valence electrons. The van der Waals surface area contributed by atoms with E-state index in [0.29, 0.717) is 11.6 Å². The van der Waals surface area contributed by atoms with Crippen LogP contribution < -0.4 is 4.72 Å². The van der Waals surface area contributed by atoms with E-state index in [9.17, 15) is 8.42 Å². The summed E-state index contributed by atoms with van der Waals surface area (Å²) >= 11 is 5.88. The lowest BCUT2D eigenvalue weighted by atomic mass is 10.0. The van der Waals surface area contributed by atoms with Gasteiger partial charge >= 0.3 is 0 Å². The van der Waals surface area contributed by atoms with E-state index in [-0.39, 0.29) is 22.6 Å². The first-order valence-corrected chi connectivity index (χ1v) is 9.62. The molecule has 2 unspecified atom stereocenters. The van der Waals surface area contributed by atoms with Crippen molar-refractivity contribution in [2.45, 2.75) is 50.3 Å². The monoisotopic (exact) mass is 360 g/mol. The molecular formula is C16H25ClN2O3S. The van der Waals surface area contributed by atoms with Gasteiger partial charge in [0.25, 0.3) is 0 Å². The number of hydrogen-bond donors (Lipinski definition) is 1. The summed E-state index contributed by atoms with van der Waals surface area (Å²) in [5, 5.41) is 0.406. The number of sulfonamides is 1. The van der Waals surface area contributed by atoms with E-state index in [1.165, 1.54) is 6.07 Å². The lowest BCUT2D eigenvalue weighted by Crippen LogP contribution is -2.58. The van der Waals surface area contributed by atoms with Gasteiger partial charge in [-0.1, -0.05) is 17.7 Å². The molecule has 23 heavy (non-hydrogen) atoms. The van der Waals surface area contributed by atoms with Crippen LogP contribution in [-0.4, -0.2) is 50.7 Å². The summed E-state index contributed by atoms with van der Waals surface area (Å²) in [5.41, 5.74) is -0.308. The second-order valence-corrected chi connectivity index (χ2v) is 8.96. The lowest BCUT2D eigenvalue weighted by molar-refractivity contribution is -0.0945. The fraction of sp³-hybridized carbons (Fsp3) is 0.625. The van der Waals surface area contributed by atoms with E-state index in [1.807, 2.05) is 27.7 Å². The van der Waals surface area contributed by atoms with Gasteiger partial charge in [0.15, 0.2) is 0 Å². The zero-order chi connectivity index (χ0) is 17.3. The Labute approximate surface area is 144 Å². The van der Waals surface area contributed by atoms with Gasteiger partial charge in [0, 0.05) is 30.2 Å². The zero-order valence-corrected chi connectivity index (χ0v) is 15.6. The summed E-state index contributed by atoms with van der Waals surface area (Å²) < 4.78 is 33.3. The van der Waals surface area contributed by atoms with Crippen LogP contribution in [0.1, 0.15) is 27.7 Å². The van der Waals surface area contributed by atoms with Gasteiger partial charge in [-0.2, -0.15) is 0 Å². The number of rotatable bonds is 5. The summed E-state index contributed by atoms with van der Waals surface area (Å²) in [5.74, 6) is 0. The highest BCUT2D eigenvalue weighted by atomic mass is 35.5. The van der Waals surface area contributed by atoms with Crippen LogP contribution in [0.4, 0.5) is 0 Å². The number of ether oxygens (including phenoxy) is 1. The molecule has 1 aromatic rings. The fourth-order valence-corrected chi connectivity index (χ4v) is 4.28. The molecule has 0 aliphatic carbocycles. The standard InChI is InChI=1S/C16H25ClN2O3S/c1-12-9-19(10-13(2)22-12)16(3,4)11-18-23(20,21)15-7-5-6-14(17)8-15/h5-8,12-13,18H,9-11H2,1-4H3. The normalized spacial score (nSPS) is 23.9. The van der Waals surface area contributed by atoms with Crippen molar-refractivity contribution in [2.24, 2.45) is 0 Å². The van der Waals surface area contributed by atoms with Crippen molar-refractivity contribution in [3.05, 3.63) is 29.3 Å². The molecule has 1 heterocycles. The number of benzene rings is 1. The topological polar surface area (TPSA) is 58.6 Å². The predicted molar refractivity (Wildman–Crippen MR) is 92.3 cm³/mol. The van der Waals surface area contributed by atoms with E-state index in [1.54, 1.807) is 18.2 Å². The number of nitrogens with zero attached hydrogens (tertiary/aromatic N) is 1. The smallest absolute Gasteiger partial charge is 0.240 e. The van der Waals surface area contributed by atoms with E-state index < -0.39 is 10.0 Å². The van der Waals surface area contributed by atoms with Crippen LogP contribution in [0.2, 0.25) is 5.02 Å². The van der Waals surface area contributed by atoms with Crippen LogP contribution in [-0.2, 0) is 14.8 Å². The minimum absolute atomic E-state index is 0.141. The third-order valence-corrected chi connectivity index (χ3v) is 5.71. The third kappa shape index (κ3) is 4.90. The van der Waals surface area contributed by atoms with E-state index >= 15 is 0 Å². The molecule has 0 bridgehead atoms. The van der Waals surface area contributed by atoms with Crippen molar-refractivity contribution in [3.63, 3.8) is 0 Å². The van der Waals surface area contributed by atoms with Crippen LogP contribution >= 0.6 is 11.6 Å². The Morgan fingerprint density at radius 1 is 1.30 bits per heavy atom. The van der Waals surface area contributed by atoms with Crippen LogP contribution in [0.15, 0.2) is 29.2 Å². The van der Waals surface area contributed by atoms with Gasteiger partial charge < -0.3 is 4.74 Å². The average molecular weight is 361 g/mol. The Bertz CT molecular complexity index is 638. The SMILES string of the molecule is CC1CN(C(C)(C)CNS(=O)(=O)c2cccc(Cl)c2)CC(C)O1. The van der Waals surface area contributed by atoms with Gasteiger partial charge in [-0.25, -0.2) is 13.1 Å². The molecule has 0 spiro atoms. The van der Waals surface area contributed by atoms with Crippen molar-refractivity contribution < 1.29 is 13.2 Å². The van der Waals surface area contributed by atoms with Crippen LogP contribution in [0.25, 0.3) is 0 Å². The maximum absolute atomic E-state index is 12.4. The molecule has 1 N–H and O–H groups in total. The van der Waals surface area contributed by atoms with Gasteiger partial charge in [-0.05, 0) is 45.9 Å². The van der Waals surface area contributed by atoms with Gasteiger partial charge in [-0.3, -0.25) is 4.90 Å². The number of nitrogens with one attached hydrogen (secondary N) is 1. The Morgan fingerprint density at radius 2 is 1.91 bits per heavy atom. The van der Waals surface area contributed by atoms with Crippen molar-refractivity contribution >= 4 is 21.6 Å². The molecule has 0 saturated carbocycles. The van der Waals surface area contributed by atoms with Gasteiger partial charge in [0.05, 0.1) is 17.1 Å². The quantitative estimate of drug-likeness (QED) is 0.876. The van der Waals surface area contributed by atoms with Crippen LogP contribution in [0.5, 0.6) is 0 Å². The summed E-state index contributed by atoms with van der Waals surface area (Å²) in [6.07, 6.45) is 0.283. The predicted octanol–water partition coefficient (Wildman–Crippen LogP) is 2.51. The summed E-state index contributed by atoms with van der Waals surface area (Å²) in [7, 11) is -3.57. The molecule has 1 saturated heterocycles. The minimum Gasteiger partial charge on any atom is -0.373 e. The van der Waals surface area contributed by atoms with Gasteiger partial charge in [-0.15, -0.1) is 0 Å². The van der Waals surface area contributed by atoms with E-state index in [4.69, 9.17) is 16.3 Å². The molecule has 7 heteroatoms. The number of halogens is 1. The third-order valence-electron chi connectivity index (χ3n) is 4.08. The lowest BCUT2D eigenvalue weighted by Gasteiger charge is -2.45. The van der Waals surface area contributed by atoms with Crippen molar-refractivity contribution in [2.75, 3.05) is 19.6 Å². The Hall–Kier alpha value is -0.660. The highest BCUT2D eigenvalue weighted by Gasteiger charge is 2.34. The molecule has 2 atom stereocenters. The molecule has 1 fully saturated rings. The highest BCUT2D eigenvalue weighted by Crippen LogP contribution is 2.22. The maximum Gasteiger partial charge on any atom is 0.240 e. The Morgan fingerprint density at radius 3 is 2.48 bits per heavy atom. The first-order chi connectivity index (χ1) is 10.6. The zero-order valence-electron chi connectivity index (χ0n) is 14.0. The van der Waals surface area contributed by atoms with Crippen molar-refractivity contribution in [3.8, 4) is 0 Å². The number of morpholine rings is 1. The molecular weight excluding hydrogens is 336 g/mol. The van der Waals surface area contributed by atoms with E-state index in [2.05, 4.69) is 9.62 Å². The second kappa shape index (κ2) is 7.07. The largest absolute Gasteiger partial charge is 0.373 e. The summed E-state index contributed by atoms with van der Waals surface area (Å²) in [6.45, 7) is 10.0. The minimum atomic E-state index is -3.57. The molecule has 2 rings (SSSR count). The van der Waals surface area contributed by atoms with Crippen molar-refractivity contribution in [1.29, 1.82) is 0 Å². The fourth-order valence-electron chi connectivity index (χ4n) is 2.77. The molecule has 1 aliphatic heterocycles. The molecule has 0 radical (unpaired) electrons. The van der Waals surface area contributed by atoms with Crippen LogP contribution in [0, 0.1) is 0 Å². The second-order valence-electron chi connectivity index (χ2n) is 6.76. The first-order valence-electron chi connectivity index (χ1n) is 7.76. The first kappa shape index (κ1) is 18.7. The number of hydrogen-bond acceptors (Lipinski definition) is 4. The summed E-state index contributed by atoms with van der Waals surface area (Å²) in [6, 6.07) is 6.28. The summed E-state index contributed by atoms with van der Waals surface area (Å²) in [4.78, 5) is 2.45. The molecule has 1 aliphatic rings. The Kier molecular flexibility index (Phi) is 5.74. The molecule has 0 amide bonds. The average Bonchev–Trinajstić information content (AvgIpc) is 2.44. The molecule has 5 nitrogen and oxygen atoms in total. The molecule has 1 aromatic carbocycles. The van der Waals surface area contributed by atoms with Gasteiger partial charge in [0.1, 0.15) is 0 Å². The van der Waals surface area contributed by atoms with Crippen molar-refractivity contribution in [1.82, 2.24) is 9.62 Å². The van der Waals surface area contributed by atoms with E-state index in [0.717, 1.165) is 13.1 Å². The van der Waals surface area contributed by atoms with Gasteiger partial charge in [0.2, 0.25) is 10.0 Å². The maximum atomic E-state index is 12.4. The van der Waals surface area contributed by atoms with Crippen LogP contribution in [0.3, 0.4) is 0 Å². The highest BCUT2D eigenvalue weighted by molar-refractivity contribution is 7.89. The molecule has 0 aromatic heterocycles. The Balaban J connectivity index is 2.06.